The lowest BCUT2D eigenvalue weighted by Gasteiger charge is -2.31. The average molecular weight is 208 g/mol. The number of hydrogen-bond acceptors (Lipinski definition) is 4. The lowest BCUT2D eigenvalue weighted by molar-refractivity contribution is 0.0756. The summed E-state index contributed by atoms with van der Waals surface area (Å²) in [4.78, 5) is 0. The normalized spacial score (nSPS) is 22.5. The number of hydrogen-bond donors (Lipinski definition) is 0. The third-order valence-electron chi connectivity index (χ3n) is 1.56. The van der Waals surface area contributed by atoms with Crippen molar-refractivity contribution in [1.82, 2.24) is 0 Å². The molecule has 5 heteroatoms. The number of rotatable bonds is 4. The van der Waals surface area contributed by atoms with E-state index in [1.54, 1.807) is 0 Å². The summed E-state index contributed by atoms with van der Waals surface area (Å²) in [6, 6.07) is 0. The predicted octanol–water partition coefficient (Wildman–Crippen LogP) is 1.30. The van der Waals surface area contributed by atoms with Crippen LogP contribution in [0.5, 0.6) is 0 Å². The Balaban J connectivity index is 2.44. The van der Waals surface area contributed by atoms with Gasteiger partial charge in [-0.2, -0.15) is 11.8 Å². The van der Waals surface area contributed by atoms with E-state index < -0.39 is 8.80 Å². The van der Waals surface area contributed by atoms with Crippen LogP contribution in [-0.4, -0.2) is 39.8 Å². The molecule has 0 bridgehead atoms. The first-order valence-electron chi connectivity index (χ1n) is 4.32. The molecule has 1 saturated heterocycles. The molecule has 1 aliphatic heterocycles. The molecule has 72 valence electrons. The Morgan fingerprint density at radius 3 is 2.42 bits per heavy atom. The van der Waals surface area contributed by atoms with Gasteiger partial charge in [0.05, 0.1) is 5.38 Å². The zero-order valence-corrected chi connectivity index (χ0v) is 9.49. The molecule has 1 rings (SSSR count). The van der Waals surface area contributed by atoms with Gasteiger partial charge in [-0.05, 0) is 13.8 Å². The Kier molecular flexibility index (Phi) is 4.59. The average Bonchev–Trinajstić information content (AvgIpc) is 2.07. The van der Waals surface area contributed by atoms with Crippen LogP contribution in [0.25, 0.3) is 0 Å². The highest BCUT2D eigenvalue weighted by molar-refractivity contribution is 8.00. The van der Waals surface area contributed by atoms with Crippen LogP contribution in [0.1, 0.15) is 13.8 Å². The van der Waals surface area contributed by atoms with Crippen molar-refractivity contribution >= 4 is 20.6 Å². The van der Waals surface area contributed by atoms with Crippen LogP contribution in [0.15, 0.2) is 0 Å². The van der Waals surface area contributed by atoms with Gasteiger partial charge in [0.2, 0.25) is 0 Å². The first kappa shape index (κ1) is 10.5. The lowest BCUT2D eigenvalue weighted by atomic mass is 10.9. The first-order valence-corrected chi connectivity index (χ1v) is 7.41. The van der Waals surface area contributed by atoms with Crippen molar-refractivity contribution in [3.63, 3.8) is 0 Å². The Bertz CT molecular complexity index is 112. The standard InChI is InChI=1S/C7H16O3SSi/c1-3-8-12(9-4-2)7-11-6-5-10-12/h3-7H2,1-2H3. The van der Waals surface area contributed by atoms with Gasteiger partial charge in [-0.1, -0.05) is 0 Å². The fourth-order valence-electron chi connectivity index (χ4n) is 1.14. The van der Waals surface area contributed by atoms with Crippen molar-refractivity contribution in [3.05, 3.63) is 0 Å². The van der Waals surface area contributed by atoms with E-state index in [0.717, 1.165) is 17.7 Å². The van der Waals surface area contributed by atoms with E-state index in [4.69, 9.17) is 13.3 Å². The summed E-state index contributed by atoms with van der Waals surface area (Å²) in [6.45, 7) is 6.11. The SMILES string of the molecule is CCO[Si]1(OCC)CSCCO1. The molecule has 0 radical (unpaired) electrons. The molecule has 0 unspecified atom stereocenters. The van der Waals surface area contributed by atoms with E-state index in [9.17, 15) is 0 Å². The first-order chi connectivity index (χ1) is 5.83. The van der Waals surface area contributed by atoms with E-state index in [-0.39, 0.29) is 0 Å². The predicted molar refractivity (Wildman–Crippen MR) is 52.3 cm³/mol. The Labute approximate surface area is 79.1 Å². The second kappa shape index (κ2) is 5.24. The third kappa shape index (κ3) is 2.74. The Hall–Kier alpha value is 0.447. The molecule has 3 nitrogen and oxygen atoms in total. The Morgan fingerprint density at radius 2 is 2.00 bits per heavy atom. The molecule has 12 heavy (non-hydrogen) atoms. The van der Waals surface area contributed by atoms with Crippen LogP contribution in [0.2, 0.25) is 0 Å². The van der Waals surface area contributed by atoms with Crippen LogP contribution in [-0.2, 0) is 13.3 Å². The van der Waals surface area contributed by atoms with E-state index in [1.807, 2.05) is 25.6 Å². The zero-order chi connectivity index (χ0) is 8.86. The fourth-order valence-corrected chi connectivity index (χ4v) is 5.61. The maximum Gasteiger partial charge on any atom is 0.511 e. The van der Waals surface area contributed by atoms with Crippen molar-refractivity contribution in [2.75, 3.05) is 30.9 Å². The van der Waals surface area contributed by atoms with Gasteiger partial charge in [0.1, 0.15) is 0 Å². The molecule has 1 heterocycles. The van der Waals surface area contributed by atoms with Gasteiger partial charge in [0.15, 0.2) is 0 Å². The van der Waals surface area contributed by atoms with Gasteiger partial charge >= 0.3 is 8.80 Å². The van der Waals surface area contributed by atoms with Gasteiger partial charge in [-0.15, -0.1) is 0 Å². The zero-order valence-electron chi connectivity index (χ0n) is 7.67. The minimum absolute atomic E-state index is 0.687. The number of thioether (sulfide) groups is 1. The van der Waals surface area contributed by atoms with Crippen LogP contribution < -0.4 is 0 Å². The van der Waals surface area contributed by atoms with Crippen molar-refractivity contribution in [2.24, 2.45) is 0 Å². The molecule has 0 N–H and O–H groups in total. The second-order valence-electron chi connectivity index (χ2n) is 2.45. The van der Waals surface area contributed by atoms with E-state index in [1.165, 1.54) is 0 Å². The summed E-state index contributed by atoms with van der Waals surface area (Å²) in [6.07, 6.45) is 0. The summed E-state index contributed by atoms with van der Waals surface area (Å²) in [5.74, 6) is 1.06. The molecule has 0 saturated carbocycles. The highest BCUT2D eigenvalue weighted by Crippen LogP contribution is 2.21. The topological polar surface area (TPSA) is 27.7 Å². The van der Waals surface area contributed by atoms with E-state index in [2.05, 4.69) is 0 Å². The summed E-state index contributed by atoms with van der Waals surface area (Å²) >= 11 is 1.87. The highest BCUT2D eigenvalue weighted by Gasteiger charge is 2.42. The molecule has 1 aliphatic rings. The van der Waals surface area contributed by atoms with Crippen molar-refractivity contribution in [3.8, 4) is 0 Å². The highest BCUT2D eigenvalue weighted by atomic mass is 32.2. The summed E-state index contributed by atoms with van der Waals surface area (Å²) in [5.41, 5.74) is 0. The maximum atomic E-state index is 5.62. The van der Waals surface area contributed by atoms with Crippen LogP contribution in [0.4, 0.5) is 0 Å². The second-order valence-corrected chi connectivity index (χ2v) is 6.65. The van der Waals surface area contributed by atoms with Gasteiger partial charge in [0, 0.05) is 25.6 Å². The van der Waals surface area contributed by atoms with Crippen LogP contribution >= 0.6 is 11.8 Å². The van der Waals surface area contributed by atoms with Crippen molar-refractivity contribution in [1.29, 1.82) is 0 Å². The van der Waals surface area contributed by atoms with Crippen LogP contribution in [0.3, 0.4) is 0 Å². The minimum atomic E-state index is -2.22. The molecular weight excluding hydrogens is 192 g/mol. The van der Waals surface area contributed by atoms with Gasteiger partial charge in [0.25, 0.3) is 0 Å². The molecule has 0 aromatic heterocycles. The monoisotopic (exact) mass is 208 g/mol. The van der Waals surface area contributed by atoms with Gasteiger partial charge < -0.3 is 13.3 Å². The van der Waals surface area contributed by atoms with E-state index in [0.29, 0.717) is 13.2 Å². The quantitative estimate of drug-likeness (QED) is 0.651. The van der Waals surface area contributed by atoms with Crippen LogP contribution in [0, 0.1) is 0 Å². The lowest BCUT2D eigenvalue weighted by Crippen LogP contribution is -2.51. The molecule has 1 fully saturated rings. The molecule has 0 aromatic carbocycles. The smallest absolute Gasteiger partial charge is 0.373 e. The van der Waals surface area contributed by atoms with Gasteiger partial charge in [-0.25, -0.2) is 0 Å². The summed E-state index contributed by atoms with van der Waals surface area (Å²) in [7, 11) is -2.22. The molecule has 0 aliphatic carbocycles. The van der Waals surface area contributed by atoms with E-state index >= 15 is 0 Å². The minimum Gasteiger partial charge on any atom is -0.373 e. The molecule has 0 aromatic rings. The third-order valence-corrected chi connectivity index (χ3v) is 6.34. The fraction of sp³-hybridized carbons (Fsp3) is 1.00. The summed E-state index contributed by atoms with van der Waals surface area (Å²) < 4.78 is 16.8. The molecule has 0 spiro atoms. The molecule has 0 atom stereocenters. The molecular formula is C7H16O3SSi. The van der Waals surface area contributed by atoms with Gasteiger partial charge in [-0.3, -0.25) is 0 Å². The maximum absolute atomic E-state index is 5.62. The largest absolute Gasteiger partial charge is 0.511 e. The van der Waals surface area contributed by atoms with Crippen molar-refractivity contribution < 1.29 is 13.3 Å². The summed E-state index contributed by atoms with van der Waals surface area (Å²) in [5, 5.41) is 0.911. The molecule has 0 amide bonds. The Morgan fingerprint density at radius 1 is 1.33 bits per heavy atom. The van der Waals surface area contributed by atoms with Crippen molar-refractivity contribution in [2.45, 2.75) is 13.8 Å².